The van der Waals surface area contributed by atoms with Gasteiger partial charge in [0.2, 0.25) is 0 Å². The van der Waals surface area contributed by atoms with Crippen LogP contribution in [0.25, 0.3) is 0 Å². The first-order chi connectivity index (χ1) is 8.76. The molecule has 0 aromatic heterocycles. The van der Waals surface area contributed by atoms with Crippen molar-refractivity contribution in [2.45, 2.75) is 12.8 Å². The number of thioether (sulfide) groups is 1. The van der Waals surface area contributed by atoms with Crippen LogP contribution in [-0.2, 0) is 0 Å². The molecule has 6 heteroatoms. The monoisotopic (exact) mass is 395 g/mol. The molecule has 3 N–H and O–H groups in total. The molecule has 4 nitrogen and oxygen atoms in total. The molecule has 0 amide bonds. The Morgan fingerprint density at radius 1 is 1.32 bits per heavy atom. The second-order valence-corrected chi connectivity index (χ2v) is 4.81. The number of hydrogen-bond donors (Lipinski definition) is 2. The van der Waals surface area contributed by atoms with E-state index in [1.54, 1.807) is 7.11 Å². The number of anilines is 1. The number of ether oxygens (including phenoxy) is 1. The van der Waals surface area contributed by atoms with Crippen LogP contribution in [0.1, 0.15) is 12.8 Å². The lowest BCUT2D eigenvalue weighted by Gasteiger charge is -2.06. The molecule has 0 aliphatic rings. The fourth-order valence-corrected chi connectivity index (χ4v) is 1.91. The number of unbranched alkanes of at least 4 members (excludes halogenated alkanes) is 1. The largest absolute Gasteiger partial charge is 0.497 e. The van der Waals surface area contributed by atoms with Gasteiger partial charge in [0, 0.05) is 12.2 Å². The predicted molar refractivity (Wildman–Crippen MR) is 96.1 cm³/mol. The molecule has 0 unspecified atom stereocenters. The van der Waals surface area contributed by atoms with E-state index in [9.17, 15) is 0 Å². The van der Waals surface area contributed by atoms with Gasteiger partial charge in [-0.2, -0.15) is 11.8 Å². The molecule has 19 heavy (non-hydrogen) atoms. The highest BCUT2D eigenvalue weighted by Crippen LogP contribution is 2.14. The molecule has 0 radical (unpaired) electrons. The van der Waals surface area contributed by atoms with Crippen LogP contribution in [-0.4, -0.2) is 31.6 Å². The number of aliphatic imine (C=N–C) groups is 1. The van der Waals surface area contributed by atoms with Crippen molar-refractivity contribution in [2.75, 3.05) is 31.0 Å². The third-order valence-electron chi connectivity index (χ3n) is 2.40. The van der Waals surface area contributed by atoms with Crippen LogP contribution in [0.4, 0.5) is 5.69 Å². The van der Waals surface area contributed by atoms with E-state index in [0.717, 1.165) is 24.4 Å². The Kier molecular flexibility index (Phi) is 10.8. The summed E-state index contributed by atoms with van der Waals surface area (Å²) in [6, 6.07) is 7.59. The molecule has 0 spiro atoms. The summed E-state index contributed by atoms with van der Waals surface area (Å²) >= 11 is 1.86. The number of hydrogen-bond acceptors (Lipinski definition) is 3. The predicted octanol–water partition coefficient (Wildman–Crippen LogP) is 3.18. The molecular weight excluding hydrogens is 373 g/mol. The standard InChI is InChI=1S/C13H21N3OS.HI/c1-17-12-7-5-11(6-8-12)16-13(14)15-9-3-4-10-18-2;/h5-8H,3-4,9-10H2,1-2H3,(H3,14,15,16);1H. The SMILES string of the molecule is COc1ccc(NC(N)=NCCCCSC)cc1.I. The number of halogens is 1. The maximum atomic E-state index is 5.79. The van der Waals surface area contributed by atoms with Crippen LogP contribution in [0.2, 0.25) is 0 Å². The van der Waals surface area contributed by atoms with E-state index in [2.05, 4.69) is 16.6 Å². The minimum atomic E-state index is 0. The summed E-state index contributed by atoms with van der Waals surface area (Å²) in [7, 11) is 1.65. The fourth-order valence-electron chi connectivity index (χ4n) is 1.42. The molecule has 0 aliphatic carbocycles. The molecule has 1 aromatic rings. The van der Waals surface area contributed by atoms with Gasteiger partial charge in [-0.1, -0.05) is 0 Å². The normalized spacial score (nSPS) is 10.7. The number of rotatable bonds is 7. The maximum absolute atomic E-state index is 5.79. The third-order valence-corrected chi connectivity index (χ3v) is 3.10. The smallest absolute Gasteiger partial charge is 0.193 e. The van der Waals surface area contributed by atoms with E-state index in [-0.39, 0.29) is 24.0 Å². The van der Waals surface area contributed by atoms with Crippen molar-refractivity contribution in [3.8, 4) is 5.75 Å². The molecule has 0 fully saturated rings. The number of guanidine groups is 1. The molecule has 0 aliphatic heterocycles. The van der Waals surface area contributed by atoms with Crippen LogP contribution in [0, 0.1) is 0 Å². The Bertz CT molecular complexity index is 371. The highest BCUT2D eigenvalue weighted by atomic mass is 127. The molecular formula is C13H22IN3OS. The summed E-state index contributed by atoms with van der Waals surface area (Å²) in [5, 5.41) is 3.05. The number of nitrogens with two attached hydrogens (primary N) is 1. The number of benzene rings is 1. The molecule has 0 atom stereocenters. The minimum Gasteiger partial charge on any atom is -0.497 e. The molecule has 1 rings (SSSR count). The van der Waals surface area contributed by atoms with E-state index < -0.39 is 0 Å². The Labute approximate surface area is 136 Å². The van der Waals surface area contributed by atoms with Crippen molar-refractivity contribution < 1.29 is 4.74 Å². The van der Waals surface area contributed by atoms with Crippen molar-refractivity contribution in [3.05, 3.63) is 24.3 Å². The zero-order chi connectivity index (χ0) is 13.2. The second kappa shape index (κ2) is 11.2. The number of nitrogens with zero attached hydrogens (tertiary/aromatic N) is 1. The van der Waals surface area contributed by atoms with Gasteiger partial charge in [0.15, 0.2) is 5.96 Å². The molecule has 0 saturated carbocycles. The molecule has 108 valence electrons. The van der Waals surface area contributed by atoms with Crippen molar-refractivity contribution in [1.29, 1.82) is 0 Å². The van der Waals surface area contributed by atoms with Crippen molar-refractivity contribution >= 4 is 47.4 Å². The Hall–Kier alpha value is -0.630. The first-order valence-electron chi connectivity index (χ1n) is 5.96. The van der Waals surface area contributed by atoms with Gasteiger partial charge in [0.25, 0.3) is 0 Å². The molecule has 0 bridgehead atoms. The van der Waals surface area contributed by atoms with Gasteiger partial charge in [-0.05, 0) is 49.1 Å². The molecule has 0 saturated heterocycles. The van der Waals surface area contributed by atoms with Crippen molar-refractivity contribution in [3.63, 3.8) is 0 Å². The average Bonchev–Trinajstić information content (AvgIpc) is 2.39. The zero-order valence-corrected chi connectivity index (χ0v) is 14.5. The van der Waals surface area contributed by atoms with Crippen molar-refractivity contribution in [2.24, 2.45) is 10.7 Å². The van der Waals surface area contributed by atoms with Crippen LogP contribution >= 0.6 is 35.7 Å². The third kappa shape index (κ3) is 8.20. The highest BCUT2D eigenvalue weighted by molar-refractivity contribution is 14.0. The van der Waals surface area contributed by atoms with Gasteiger partial charge >= 0.3 is 0 Å². The van der Waals surface area contributed by atoms with Gasteiger partial charge in [0.05, 0.1) is 7.11 Å². The fraction of sp³-hybridized carbons (Fsp3) is 0.462. The lowest BCUT2D eigenvalue weighted by molar-refractivity contribution is 0.415. The van der Waals surface area contributed by atoms with E-state index in [1.165, 1.54) is 12.2 Å². The Morgan fingerprint density at radius 3 is 2.58 bits per heavy atom. The van der Waals surface area contributed by atoms with E-state index in [1.807, 2.05) is 36.0 Å². The number of methoxy groups -OCH3 is 1. The van der Waals surface area contributed by atoms with E-state index >= 15 is 0 Å². The summed E-state index contributed by atoms with van der Waals surface area (Å²) in [4.78, 5) is 4.28. The summed E-state index contributed by atoms with van der Waals surface area (Å²) in [5.41, 5.74) is 6.71. The Morgan fingerprint density at radius 2 is 2.00 bits per heavy atom. The van der Waals surface area contributed by atoms with Crippen LogP contribution in [0.5, 0.6) is 5.75 Å². The first-order valence-corrected chi connectivity index (χ1v) is 7.35. The summed E-state index contributed by atoms with van der Waals surface area (Å²) in [5.74, 6) is 2.47. The van der Waals surface area contributed by atoms with Gasteiger partial charge < -0.3 is 15.8 Å². The van der Waals surface area contributed by atoms with Crippen LogP contribution in [0.15, 0.2) is 29.3 Å². The zero-order valence-electron chi connectivity index (χ0n) is 11.4. The average molecular weight is 395 g/mol. The maximum Gasteiger partial charge on any atom is 0.193 e. The van der Waals surface area contributed by atoms with Crippen molar-refractivity contribution in [1.82, 2.24) is 0 Å². The van der Waals surface area contributed by atoms with Gasteiger partial charge in [-0.3, -0.25) is 4.99 Å². The van der Waals surface area contributed by atoms with Crippen LogP contribution < -0.4 is 15.8 Å². The van der Waals surface area contributed by atoms with Gasteiger partial charge in [-0.15, -0.1) is 24.0 Å². The molecule has 1 aromatic carbocycles. The summed E-state index contributed by atoms with van der Waals surface area (Å²) in [6.45, 7) is 0.773. The lowest BCUT2D eigenvalue weighted by atomic mass is 10.3. The lowest BCUT2D eigenvalue weighted by Crippen LogP contribution is -2.22. The highest BCUT2D eigenvalue weighted by Gasteiger charge is 1.96. The topological polar surface area (TPSA) is 59.6 Å². The second-order valence-electron chi connectivity index (χ2n) is 3.82. The molecule has 0 heterocycles. The quantitative estimate of drug-likeness (QED) is 0.322. The summed E-state index contributed by atoms with van der Waals surface area (Å²) in [6.07, 6.45) is 4.37. The van der Waals surface area contributed by atoms with Gasteiger partial charge in [-0.25, -0.2) is 0 Å². The summed E-state index contributed by atoms with van der Waals surface area (Å²) < 4.78 is 5.09. The number of nitrogens with one attached hydrogen (secondary N) is 1. The van der Waals surface area contributed by atoms with E-state index in [0.29, 0.717) is 5.96 Å². The van der Waals surface area contributed by atoms with E-state index in [4.69, 9.17) is 10.5 Å². The van der Waals surface area contributed by atoms with Crippen LogP contribution in [0.3, 0.4) is 0 Å². The minimum absolute atomic E-state index is 0. The first kappa shape index (κ1) is 18.4. The van der Waals surface area contributed by atoms with Gasteiger partial charge in [0.1, 0.15) is 5.75 Å². The Balaban J connectivity index is 0.00000324.